The molecule has 6 heteroatoms. The normalized spacial score (nSPS) is 11.1. The number of aryl methyl sites for hydroxylation is 2. The van der Waals surface area contributed by atoms with Crippen LogP contribution in [0.4, 0.5) is 0 Å². The summed E-state index contributed by atoms with van der Waals surface area (Å²) in [4.78, 5) is 3.78. The molecule has 0 aliphatic carbocycles. The Labute approximate surface area is 82.9 Å². The van der Waals surface area contributed by atoms with E-state index in [1.807, 2.05) is 11.7 Å². The fourth-order valence-corrected chi connectivity index (χ4v) is 1.37. The van der Waals surface area contributed by atoms with Crippen molar-refractivity contribution in [2.45, 2.75) is 13.0 Å². The van der Waals surface area contributed by atoms with E-state index in [1.54, 1.807) is 4.80 Å². The molecule has 1 N–H and O–H groups in total. The van der Waals surface area contributed by atoms with Crippen LogP contribution in [0.3, 0.4) is 0 Å². The number of H-pyrrole nitrogens is 1. The third kappa shape index (κ3) is 3.23. The predicted molar refractivity (Wildman–Crippen MR) is 51.8 cm³/mol. The van der Waals surface area contributed by atoms with Crippen LogP contribution in [-0.2, 0) is 13.6 Å². The van der Waals surface area contributed by atoms with Gasteiger partial charge in [0.2, 0.25) is 0 Å². The molecule has 0 spiro atoms. The first-order valence-electron chi connectivity index (χ1n) is 4.27. The van der Waals surface area contributed by atoms with Gasteiger partial charge in [0.1, 0.15) is 13.6 Å². The van der Waals surface area contributed by atoms with Crippen molar-refractivity contribution in [3.05, 3.63) is 4.77 Å². The summed E-state index contributed by atoms with van der Waals surface area (Å²) in [6.07, 6.45) is 1.07. The van der Waals surface area contributed by atoms with Crippen molar-refractivity contribution in [3.63, 3.8) is 0 Å². The fourth-order valence-electron chi connectivity index (χ4n) is 1.11. The van der Waals surface area contributed by atoms with Gasteiger partial charge in [-0.1, -0.05) is 10.0 Å². The van der Waals surface area contributed by atoms with Gasteiger partial charge in [0.25, 0.3) is 0 Å². The van der Waals surface area contributed by atoms with E-state index in [9.17, 15) is 0 Å². The molecule has 0 fully saturated rings. The maximum absolute atomic E-state index is 5.04. The first kappa shape index (κ1) is 10.3. The van der Waals surface area contributed by atoms with Gasteiger partial charge in [-0.3, -0.25) is 0 Å². The summed E-state index contributed by atoms with van der Waals surface area (Å²) in [5, 5.41) is 7.05. The standard InChI is InChI=1S/C7H15N5S/c1-10(2)5-4-6-12-7(13)8-11(3)9-12/h4-6H2,1-3H3/p+1. The predicted octanol–water partition coefficient (Wildman–Crippen LogP) is -0.283. The van der Waals surface area contributed by atoms with E-state index in [-0.39, 0.29) is 0 Å². The lowest BCUT2D eigenvalue weighted by Gasteiger charge is -2.06. The molecule has 0 atom stereocenters. The second kappa shape index (κ2) is 4.48. The molecule has 0 aromatic carbocycles. The van der Waals surface area contributed by atoms with Crippen LogP contribution in [0.15, 0.2) is 0 Å². The lowest BCUT2D eigenvalue weighted by atomic mass is 10.4. The summed E-state index contributed by atoms with van der Waals surface area (Å²) >= 11 is 5.04. The van der Waals surface area contributed by atoms with Gasteiger partial charge >= 0.3 is 4.77 Å². The second-order valence-corrected chi connectivity index (χ2v) is 3.68. The summed E-state index contributed by atoms with van der Waals surface area (Å²) in [7, 11) is 5.96. The molecule has 0 saturated carbocycles. The minimum atomic E-state index is 0.612. The number of hydrogen-bond acceptors (Lipinski definition) is 3. The molecule has 0 aliphatic heterocycles. The number of tetrazole rings is 1. The lowest BCUT2D eigenvalue weighted by Crippen LogP contribution is -2.34. The van der Waals surface area contributed by atoms with Crippen LogP contribution in [0.5, 0.6) is 0 Å². The average Bonchev–Trinajstić information content (AvgIpc) is 2.29. The highest BCUT2D eigenvalue weighted by Crippen LogP contribution is 1.89. The monoisotopic (exact) mass is 202 g/mol. The van der Waals surface area contributed by atoms with Crippen molar-refractivity contribution in [2.75, 3.05) is 20.6 Å². The Kier molecular flexibility index (Phi) is 3.56. The molecule has 13 heavy (non-hydrogen) atoms. The minimum absolute atomic E-state index is 0.612. The minimum Gasteiger partial charge on any atom is -0.309 e. The van der Waals surface area contributed by atoms with Gasteiger partial charge in [-0.2, -0.15) is 0 Å². The summed E-state index contributed by atoms with van der Waals surface area (Å²) in [5.74, 6) is 0. The SMILES string of the molecule is CN(C)CCCn1[nH][n+](C)nc1=S. The molecule has 0 radical (unpaired) electrons. The van der Waals surface area contributed by atoms with Gasteiger partial charge < -0.3 is 4.90 Å². The molecule has 0 unspecified atom stereocenters. The zero-order chi connectivity index (χ0) is 9.84. The van der Waals surface area contributed by atoms with E-state index in [4.69, 9.17) is 12.2 Å². The molecule has 1 rings (SSSR count). The Morgan fingerprint density at radius 1 is 1.62 bits per heavy atom. The second-order valence-electron chi connectivity index (χ2n) is 3.31. The van der Waals surface area contributed by atoms with Crippen molar-refractivity contribution < 1.29 is 4.80 Å². The van der Waals surface area contributed by atoms with Crippen molar-refractivity contribution in [3.8, 4) is 0 Å². The van der Waals surface area contributed by atoms with Crippen LogP contribution < -0.4 is 4.80 Å². The molecule has 0 amide bonds. The number of nitrogens with one attached hydrogen (secondary N) is 1. The largest absolute Gasteiger partial charge is 0.347 e. The Bertz CT molecular complexity index is 313. The number of aromatic amines is 1. The van der Waals surface area contributed by atoms with E-state index >= 15 is 0 Å². The molecular weight excluding hydrogens is 186 g/mol. The van der Waals surface area contributed by atoms with E-state index in [1.165, 1.54) is 0 Å². The summed E-state index contributed by atoms with van der Waals surface area (Å²) in [6, 6.07) is 0. The number of aromatic nitrogens is 4. The smallest absolute Gasteiger partial charge is 0.309 e. The molecule has 0 aliphatic rings. The molecule has 1 aromatic rings. The highest BCUT2D eigenvalue weighted by Gasteiger charge is 2.04. The van der Waals surface area contributed by atoms with Crippen LogP contribution >= 0.6 is 12.2 Å². The quantitative estimate of drug-likeness (QED) is 0.539. The van der Waals surface area contributed by atoms with E-state index < -0.39 is 0 Å². The maximum atomic E-state index is 5.04. The third-order valence-electron chi connectivity index (χ3n) is 1.72. The molecular formula is C7H16N5S+. The van der Waals surface area contributed by atoms with Crippen LogP contribution in [-0.4, -0.2) is 40.5 Å². The van der Waals surface area contributed by atoms with E-state index in [0.29, 0.717) is 4.77 Å². The zero-order valence-electron chi connectivity index (χ0n) is 8.32. The van der Waals surface area contributed by atoms with Gasteiger partial charge in [0.05, 0.1) is 0 Å². The highest BCUT2D eigenvalue weighted by molar-refractivity contribution is 7.71. The van der Waals surface area contributed by atoms with Gasteiger partial charge in [0, 0.05) is 13.0 Å². The van der Waals surface area contributed by atoms with E-state index in [0.717, 1.165) is 19.5 Å². The van der Waals surface area contributed by atoms with Gasteiger partial charge in [-0.25, -0.2) is 0 Å². The van der Waals surface area contributed by atoms with Crippen molar-refractivity contribution >= 4 is 12.2 Å². The van der Waals surface area contributed by atoms with Crippen molar-refractivity contribution in [1.82, 2.24) is 19.9 Å². The Morgan fingerprint density at radius 2 is 2.31 bits per heavy atom. The lowest BCUT2D eigenvalue weighted by molar-refractivity contribution is -0.785. The summed E-state index contributed by atoms with van der Waals surface area (Å²) < 4.78 is 2.49. The fraction of sp³-hybridized carbons (Fsp3) is 0.857. The van der Waals surface area contributed by atoms with Crippen LogP contribution in [0.1, 0.15) is 6.42 Å². The van der Waals surface area contributed by atoms with Crippen LogP contribution in [0.25, 0.3) is 0 Å². The van der Waals surface area contributed by atoms with Crippen LogP contribution in [0.2, 0.25) is 0 Å². The first-order valence-corrected chi connectivity index (χ1v) is 4.68. The molecule has 1 heterocycles. The Morgan fingerprint density at radius 3 is 2.77 bits per heavy atom. The van der Waals surface area contributed by atoms with Crippen LogP contribution in [0, 0.1) is 4.77 Å². The number of nitrogens with zero attached hydrogens (tertiary/aromatic N) is 4. The molecule has 0 saturated heterocycles. The van der Waals surface area contributed by atoms with Crippen molar-refractivity contribution in [1.29, 1.82) is 0 Å². The summed E-state index contributed by atoms with van der Waals surface area (Å²) in [5.41, 5.74) is 0. The molecule has 1 aromatic heterocycles. The topological polar surface area (TPSA) is 40.7 Å². The van der Waals surface area contributed by atoms with Gasteiger partial charge in [0.15, 0.2) is 0 Å². The highest BCUT2D eigenvalue weighted by atomic mass is 32.1. The van der Waals surface area contributed by atoms with Gasteiger partial charge in [-0.15, -0.1) is 4.68 Å². The van der Waals surface area contributed by atoms with Crippen molar-refractivity contribution in [2.24, 2.45) is 7.05 Å². The first-order chi connectivity index (χ1) is 6.09. The number of rotatable bonds is 4. The Hall–Kier alpha value is -0.750. The molecule has 74 valence electrons. The Balaban J connectivity index is 2.45. The van der Waals surface area contributed by atoms with E-state index in [2.05, 4.69) is 29.3 Å². The molecule has 5 nitrogen and oxygen atoms in total. The average molecular weight is 202 g/mol. The maximum Gasteiger partial charge on any atom is 0.347 e. The molecule has 0 bridgehead atoms. The summed E-state index contributed by atoms with van der Waals surface area (Å²) in [6.45, 7) is 1.95. The van der Waals surface area contributed by atoms with Gasteiger partial charge in [-0.05, 0) is 31.4 Å². The third-order valence-corrected chi connectivity index (χ3v) is 2.02. The number of hydrogen-bond donors (Lipinski definition) is 1. The zero-order valence-corrected chi connectivity index (χ0v) is 9.13.